The Hall–Kier alpha value is -2.68. The number of hydrogen-bond acceptors (Lipinski definition) is 7. The molecule has 3 rings (SSSR count). The van der Waals surface area contributed by atoms with Crippen molar-refractivity contribution in [2.24, 2.45) is 0 Å². The Bertz CT molecular complexity index is 1040. The van der Waals surface area contributed by atoms with Gasteiger partial charge >= 0.3 is 0 Å². The van der Waals surface area contributed by atoms with Crippen LogP contribution in [0.3, 0.4) is 0 Å². The van der Waals surface area contributed by atoms with E-state index < -0.39 is 6.10 Å². The number of H-pyrrole nitrogens is 1. The molecular weight excluding hydrogens is 410 g/mol. The lowest BCUT2D eigenvalue weighted by molar-refractivity contribution is 0.217. The zero-order chi connectivity index (χ0) is 22.2. The van der Waals surface area contributed by atoms with E-state index in [0.717, 1.165) is 23.7 Å². The van der Waals surface area contributed by atoms with Crippen molar-refractivity contribution < 1.29 is 5.11 Å². The summed E-state index contributed by atoms with van der Waals surface area (Å²) in [7, 11) is 4.14. The number of aromatic amines is 1. The summed E-state index contributed by atoms with van der Waals surface area (Å²) >= 11 is 1.82. The maximum absolute atomic E-state index is 12.4. The second kappa shape index (κ2) is 11.1. The molecule has 0 fully saturated rings. The third-order valence-corrected chi connectivity index (χ3v) is 5.70. The van der Waals surface area contributed by atoms with Gasteiger partial charge in [0, 0.05) is 48.2 Å². The molecular formula is C23H29N5O2S. The first-order valence-electron chi connectivity index (χ1n) is 10.2. The van der Waals surface area contributed by atoms with Gasteiger partial charge in [0.25, 0.3) is 5.56 Å². The van der Waals surface area contributed by atoms with Gasteiger partial charge in [-0.05, 0) is 38.2 Å². The Morgan fingerprint density at radius 1 is 1.16 bits per heavy atom. The average Bonchev–Trinajstić information content (AvgIpc) is 2.73. The highest BCUT2D eigenvalue weighted by Gasteiger charge is 2.15. The minimum atomic E-state index is -1.06. The van der Waals surface area contributed by atoms with Crippen molar-refractivity contribution >= 4 is 17.7 Å². The number of benzene rings is 1. The Balaban J connectivity index is 1.47. The predicted octanol–water partition coefficient (Wildman–Crippen LogP) is 2.96. The first-order chi connectivity index (χ1) is 14.9. The number of nitrogens with one attached hydrogen (secondary N) is 2. The van der Waals surface area contributed by atoms with Crippen LogP contribution in [-0.2, 0) is 12.3 Å². The molecule has 1 unspecified atom stereocenters. The molecule has 0 amide bonds. The molecule has 0 radical (unpaired) electrons. The third kappa shape index (κ3) is 6.92. The van der Waals surface area contributed by atoms with Gasteiger partial charge in [0.05, 0.1) is 5.56 Å². The molecule has 0 aliphatic rings. The maximum Gasteiger partial charge on any atom is 0.258 e. The number of aryl methyl sites for hydroxylation is 1. The van der Waals surface area contributed by atoms with Crippen LogP contribution in [0.5, 0.6) is 0 Å². The van der Waals surface area contributed by atoms with Gasteiger partial charge in [0.2, 0.25) is 5.95 Å². The van der Waals surface area contributed by atoms with Crippen LogP contribution in [0, 0.1) is 6.92 Å². The zero-order valence-electron chi connectivity index (χ0n) is 18.1. The summed E-state index contributed by atoms with van der Waals surface area (Å²) in [6.45, 7) is 3.48. The number of aliphatic hydroxyl groups excluding tert-OH is 1. The molecule has 7 nitrogen and oxygen atoms in total. The van der Waals surface area contributed by atoms with Crippen molar-refractivity contribution in [3.8, 4) is 0 Å². The monoisotopic (exact) mass is 439 g/mol. The second-order valence-electron chi connectivity index (χ2n) is 7.69. The van der Waals surface area contributed by atoms with Crippen molar-refractivity contribution in [3.05, 3.63) is 87.1 Å². The van der Waals surface area contributed by atoms with Crippen LogP contribution < -0.4 is 10.9 Å². The quantitative estimate of drug-likeness (QED) is 0.418. The number of rotatable bonds is 10. The van der Waals surface area contributed by atoms with Crippen molar-refractivity contribution in [3.63, 3.8) is 0 Å². The van der Waals surface area contributed by atoms with Crippen LogP contribution in [0.4, 0.5) is 5.95 Å². The van der Waals surface area contributed by atoms with Crippen LogP contribution in [0.2, 0.25) is 0 Å². The van der Waals surface area contributed by atoms with E-state index in [-0.39, 0.29) is 11.1 Å². The molecule has 0 aliphatic carbocycles. The van der Waals surface area contributed by atoms with Crippen molar-refractivity contribution in [2.75, 3.05) is 31.7 Å². The fraction of sp³-hybridized carbons (Fsp3) is 0.348. The summed E-state index contributed by atoms with van der Waals surface area (Å²) < 4.78 is 0. The summed E-state index contributed by atoms with van der Waals surface area (Å²) in [4.78, 5) is 25.6. The van der Waals surface area contributed by atoms with E-state index in [2.05, 4.69) is 63.5 Å². The first kappa shape index (κ1) is 23.0. The number of nitrogens with zero attached hydrogens (tertiary/aromatic N) is 3. The normalized spacial score (nSPS) is 12.2. The highest BCUT2D eigenvalue weighted by atomic mass is 32.2. The first-order valence-corrected chi connectivity index (χ1v) is 11.3. The fourth-order valence-corrected chi connectivity index (χ4v) is 3.93. The van der Waals surface area contributed by atoms with E-state index in [0.29, 0.717) is 18.1 Å². The molecule has 31 heavy (non-hydrogen) atoms. The summed E-state index contributed by atoms with van der Waals surface area (Å²) in [6, 6.07) is 12.2. The molecule has 1 aromatic carbocycles. The van der Waals surface area contributed by atoms with Gasteiger partial charge in [-0.25, -0.2) is 4.98 Å². The van der Waals surface area contributed by atoms with E-state index >= 15 is 0 Å². The number of aliphatic hydroxyl groups is 1. The number of anilines is 1. The van der Waals surface area contributed by atoms with E-state index in [4.69, 9.17) is 0 Å². The number of aromatic nitrogens is 3. The summed E-state index contributed by atoms with van der Waals surface area (Å²) in [6.07, 6.45) is 1.92. The lowest BCUT2D eigenvalue weighted by Gasteiger charge is -2.12. The molecule has 3 aromatic rings. The Morgan fingerprint density at radius 2 is 1.97 bits per heavy atom. The number of hydrogen-bond donors (Lipinski definition) is 3. The van der Waals surface area contributed by atoms with Gasteiger partial charge in [0.15, 0.2) is 0 Å². The lowest BCUT2D eigenvalue weighted by atomic mass is 10.1. The van der Waals surface area contributed by atoms with Gasteiger partial charge in [-0.1, -0.05) is 30.3 Å². The fourth-order valence-electron chi connectivity index (χ4n) is 3.12. The molecule has 164 valence electrons. The second-order valence-corrected chi connectivity index (χ2v) is 8.79. The molecule has 0 aliphatic heterocycles. The Kier molecular flexibility index (Phi) is 8.22. The van der Waals surface area contributed by atoms with Gasteiger partial charge in [-0.2, -0.15) is 11.8 Å². The summed E-state index contributed by atoms with van der Waals surface area (Å²) in [5.74, 6) is 2.21. The van der Waals surface area contributed by atoms with E-state index in [9.17, 15) is 9.90 Å². The maximum atomic E-state index is 12.4. The topological polar surface area (TPSA) is 94.1 Å². The van der Waals surface area contributed by atoms with E-state index in [1.807, 2.05) is 18.7 Å². The molecule has 8 heteroatoms. The van der Waals surface area contributed by atoms with E-state index in [1.165, 1.54) is 17.3 Å². The minimum Gasteiger partial charge on any atom is -0.383 e. The zero-order valence-corrected chi connectivity index (χ0v) is 18.9. The molecule has 0 saturated carbocycles. The van der Waals surface area contributed by atoms with Crippen molar-refractivity contribution in [1.29, 1.82) is 0 Å². The highest BCUT2D eigenvalue weighted by molar-refractivity contribution is 7.98. The summed E-state index contributed by atoms with van der Waals surface area (Å²) in [5, 5.41) is 13.6. The van der Waals surface area contributed by atoms with Crippen molar-refractivity contribution in [1.82, 2.24) is 19.9 Å². The number of pyridine rings is 1. The smallest absolute Gasteiger partial charge is 0.258 e. The van der Waals surface area contributed by atoms with Gasteiger partial charge in [0.1, 0.15) is 6.10 Å². The SMILES string of the molecule is Cc1ccc(C(O)c2cnc(NCCSCc3cccc(CN(C)C)c3)[nH]c2=O)cn1. The van der Waals surface area contributed by atoms with Crippen LogP contribution >= 0.6 is 11.8 Å². The van der Waals surface area contributed by atoms with Crippen LogP contribution in [0.15, 0.2) is 53.6 Å². The van der Waals surface area contributed by atoms with Crippen LogP contribution in [0.1, 0.15) is 34.1 Å². The molecule has 2 heterocycles. The van der Waals surface area contributed by atoms with Crippen LogP contribution in [0.25, 0.3) is 0 Å². The average molecular weight is 440 g/mol. The standard InChI is InChI=1S/C23H29N5O2S/c1-16-7-8-19(12-25-16)21(29)20-13-26-23(27-22(20)30)24-9-10-31-15-18-6-4-5-17(11-18)14-28(2)3/h4-8,11-13,21,29H,9-10,14-15H2,1-3H3,(H2,24,26,27,30). The molecule has 3 N–H and O–H groups in total. The Labute approximate surface area is 187 Å². The largest absolute Gasteiger partial charge is 0.383 e. The predicted molar refractivity (Wildman–Crippen MR) is 126 cm³/mol. The molecule has 0 saturated heterocycles. The van der Waals surface area contributed by atoms with Gasteiger partial charge < -0.3 is 15.3 Å². The molecule has 1 atom stereocenters. The Morgan fingerprint density at radius 3 is 2.68 bits per heavy atom. The number of thioether (sulfide) groups is 1. The van der Waals surface area contributed by atoms with Crippen LogP contribution in [-0.4, -0.2) is 51.4 Å². The summed E-state index contributed by atoms with van der Waals surface area (Å²) in [5.41, 5.74) is 3.86. The van der Waals surface area contributed by atoms with Gasteiger partial charge in [-0.3, -0.25) is 14.8 Å². The van der Waals surface area contributed by atoms with Gasteiger partial charge in [-0.15, -0.1) is 0 Å². The third-order valence-electron chi connectivity index (χ3n) is 4.67. The van der Waals surface area contributed by atoms with E-state index in [1.54, 1.807) is 18.3 Å². The molecule has 0 bridgehead atoms. The van der Waals surface area contributed by atoms with Crippen molar-refractivity contribution in [2.45, 2.75) is 25.3 Å². The highest BCUT2D eigenvalue weighted by Crippen LogP contribution is 2.18. The lowest BCUT2D eigenvalue weighted by Crippen LogP contribution is -2.20. The molecule has 0 spiro atoms. The molecule has 2 aromatic heterocycles. The minimum absolute atomic E-state index is 0.197.